The molecule has 3 aromatic carbocycles. The standard InChI is InChI=1S/C35H43N3O2/c1-7-12-23-38-25(6)33(28-18-14-16-20-31(28)38)35(29-19-15-13-17-27(29)34(39)40-35)30-22-21-26(36(8-2)9-3)24-32(30)37(10-4)11-5/h13-22,24H,7-12,23H2,1-6H3. The smallest absolute Gasteiger partial charge is 0.340 e. The van der Waals surface area contributed by atoms with E-state index < -0.39 is 5.60 Å². The Bertz CT molecular complexity index is 1510. The maximum Gasteiger partial charge on any atom is 0.340 e. The van der Waals surface area contributed by atoms with Gasteiger partial charge in [0.2, 0.25) is 0 Å². The number of fused-ring (bicyclic) bond motifs is 2. The Balaban J connectivity index is 1.91. The Morgan fingerprint density at radius 3 is 2.17 bits per heavy atom. The number of para-hydroxylation sites is 1. The molecular formula is C35H43N3O2. The van der Waals surface area contributed by atoms with Gasteiger partial charge in [-0.05, 0) is 65.3 Å². The number of hydrogen-bond acceptors (Lipinski definition) is 4. The van der Waals surface area contributed by atoms with Crippen LogP contribution in [-0.4, -0.2) is 36.7 Å². The first kappa shape index (κ1) is 27.8. The van der Waals surface area contributed by atoms with E-state index in [1.54, 1.807) is 0 Å². The molecule has 0 bridgehead atoms. The first-order valence-corrected chi connectivity index (χ1v) is 15.0. The lowest BCUT2D eigenvalue weighted by Gasteiger charge is -2.36. The lowest BCUT2D eigenvalue weighted by atomic mass is 9.77. The second-order valence-corrected chi connectivity index (χ2v) is 10.6. The highest BCUT2D eigenvalue weighted by molar-refractivity contribution is 5.99. The average molecular weight is 538 g/mol. The molecule has 1 aliphatic rings. The maximum absolute atomic E-state index is 13.7. The van der Waals surface area contributed by atoms with Crippen molar-refractivity contribution < 1.29 is 9.53 Å². The Morgan fingerprint density at radius 2 is 1.48 bits per heavy atom. The van der Waals surface area contributed by atoms with Crippen molar-refractivity contribution in [3.63, 3.8) is 0 Å². The number of rotatable bonds is 11. The summed E-state index contributed by atoms with van der Waals surface area (Å²) in [4.78, 5) is 18.5. The number of aromatic nitrogens is 1. The van der Waals surface area contributed by atoms with Gasteiger partial charge in [0.1, 0.15) is 0 Å². The minimum Gasteiger partial charge on any atom is -0.440 e. The van der Waals surface area contributed by atoms with Crippen molar-refractivity contribution in [3.8, 4) is 0 Å². The summed E-state index contributed by atoms with van der Waals surface area (Å²) in [6, 6.07) is 23.3. The van der Waals surface area contributed by atoms with Crippen molar-refractivity contribution in [2.24, 2.45) is 0 Å². The molecule has 1 aliphatic heterocycles. The molecule has 4 aromatic rings. The number of carbonyl (C=O) groups excluding carboxylic acids is 1. The van der Waals surface area contributed by atoms with Crippen LogP contribution in [0.15, 0.2) is 66.7 Å². The van der Waals surface area contributed by atoms with E-state index in [1.165, 1.54) is 11.2 Å². The summed E-state index contributed by atoms with van der Waals surface area (Å²) in [5, 5.41) is 1.14. The van der Waals surface area contributed by atoms with Crippen LogP contribution in [0.5, 0.6) is 0 Å². The monoisotopic (exact) mass is 537 g/mol. The van der Waals surface area contributed by atoms with Crippen LogP contribution in [0.1, 0.15) is 80.2 Å². The van der Waals surface area contributed by atoms with Crippen LogP contribution in [0.4, 0.5) is 11.4 Å². The number of unbranched alkanes of at least 4 members (excludes halogenated alkanes) is 1. The van der Waals surface area contributed by atoms with E-state index in [9.17, 15) is 4.79 Å². The molecule has 0 saturated carbocycles. The van der Waals surface area contributed by atoms with Gasteiger partial charge >= 0.3 is 5.97 Å². The fourth-order valence-corrected chi connectivity index (χ4v) is 6.65. The highest BCUT2D eigenvalue weighted by atomic mass is 16.6. The van der Waals surface area contributed by atoms with Crippen molar-refractivity contribution in [2.75, 3.05) is 36.0 Å². The van der Waals surface area contributed by atoms with Gasteiger partial charge in [0.15, 0.2) is 5.60 Å². The molecule has 1 atom stereocenters. The molecule has 0 aliphatic carbocycles. The zero-order valence-corrected chi connectivity index (χ0v) is 25.0. The Kier molecular flexibility index (Phi) is 7.93. The molecule has 0 spiro atoms. The van der Waals surface area contributed by atoms with Crippen LogP contribution in [0.3, 0.4) is 0 Å². The number of aryl methyl sites for hydroxylation is 1. The molecule has 5 rings (SSSR count). The lowest BCUT2D eigenvalue weighted by molar-refractivity contribution is 0.0255. The number of cyclic esters (lactones) is 1. The first-order chi connectivity index (χ1) is 19.5. The van der Waals surface area contributed by atoms with E-state index in [4.69, 9.17) is 4.74 Å². The molecule has 0 amide bonds. The van der Waals surface area contributed by atoms with Crippen LogP contribution in [0.25, 0.3) is 10.9 Å². The summed E-state index contributed by atoms with van der Waals surface area (Å²) in [6.45, 7) is 17.7. The quantitative estimate of drug-likeness (QED) is 0.182. The van der Waals surface area contributed by atoms with Crippen molar-refractivity contribution in [2.45, 2.75) is 66.5 Å². The van der Waals surface area contributed by atoms with Gasteiger partial charge in [-0.2, -0.15) is 0 Å². The largest absolute Gasteiger partial charge is 0.440 e. The van der Waals surface area contributed by atoms with Crippen LogP contribution in [0, 0.1) is 6.92 Å². The van der Waals surface area contributed by atoms with E-state index in [1.807, 2.05) is 18.2 Å². The predicted molar refractivity (Wildman–Crippen MR) is 167 cm³/mol. The number of hydrogen-bond donors (Lipinski definition) is 0. The summed E-state index contributed by atoms with van der Waals surface area (Å²) < 4.78 is 9.16. The Labute approximate surface area is 239 Å². The van der Waals surface area contributed by atoms with Crippen LogP contribution >= 0.6 is 0 Å². The van der Waals surface area contributed by atoms with Gasteiger partial charge in [-0.15, -0.1) is 0 Å². The van der Waals surface area contributed by atoms with Gasteiger partial charge in [-0.25, -0.2) is 4.79 Å². The highest BCUT2D eigenvalue weighted by Gasteiger charge is 2.52. The van der Waals surface area contributed by atoms with Crippen LogP contribution < -0.4 is 9.80 Å². The van der Waals surface area contributed by atoms with E-state index in [-0.39, 0.29) is 5.97 Å². The van der Waals surface area contributed by atoms with Gasteiger partial charge in [0, 0.05) is 77.4 Å². The number of carbonyl (C=O) groups is 1. The molecule has 40 heavy (non-hydrogen) atoms. The Morgan fingerprint density at radius 1 is 0.800 bits per heavy atom. The molecule has 0 N–H and O–H groups in total. The molecule has 0 saturated heterocycles. The van der Waals surface area contributed by atoms with Gasteiger partial charge in [-0.3, -0.25) is 0 Å². The number of anilines is 2. The highest BCUT2D eigenvalue weighted by Crippen LogP contribution is 2.53. The molecule has 0 fully saturated rings. The first-order valence-electron chi connectivity index (χ1n) is 15.0. The third-order valence-electron chi connectivity index (χ3n) is 8.68. The summed E-state index contributed by atoms with van der Waals surface area (Å²) in [6.07, 6.45) is 2.20. The number of ether oxygens (including phenoxy) is 1. The van der Waals surface area contributed by atoms with Gasteiger partial charge in [0.05, 0.1) is 5.56 Å². The molecule has 210 valence electrons. The summed E-state index contributed by atoms with van der Waals surface area (Å²) >= 11 is 0. The fourth-order valence-electron chi connectivity index (χ4n) is 6.65. The van der Waals surface area contributed by atoms with E-state index >= 15 is 0 Å². The normalized spacial score (nSPS) is 16.3. The SMILES string of the molecule is CCCCn1c(C)c(C2(c3ccc(N(CC)CC)cc3N(CC)CC)OC(=O)c3ccccc32)c2ccccc21. The number of benzene rings is 3. The summed E-state index contributed by atoms with van der Waals surface area (Å²) in [5.74, 6) is -0.265. The molecule has 5 heteroatoms. The van der Waals surface area contributed by atoms with Gasteiger partial charge < -0.3 is 19.1 Å². The van der Waals surface area contributed by atoms with E-state index in [2.05, 4.69) is 104 Å². The predicted octanol–water partition coefficient (Wildman–Crippen LogP) is 7.90. The van der Waals surface area contributed by atoms with Crippen molar-refractivity contribution in [1.29, 1.82) is 0 Å². The zero-order valence-electron chi connectivity index (χ0n) is 25.0. The fraction of sp³-hybridized carbons (Fsp3) is 0.400. The van der Waals surface area contributed by atoms with Crippen LogP contribution in [0.2, 0.25) is 0 Å². The second kappa shape index (κ2) is 11.4. The third kappa shape index (κ3) is 4.27. The second-order valence-electron chi connectivity index (χ2n) is 10.6. The molecule has 2 heterocycles. The van der Waals surface area contributed by atoms with E-state index in [0.29, 0.717) is 5.56 Å². The van der Waals surface area contributed by atoms with Crippen molar-refractivity contribution in [3.05, 3.63) is 94.7 Å². The molecule has 0 radical (unpaired) electrons. The maximum atomic E-state index is 13.7. The summed E-state index contributed by atoms with van der Waals surface area (Å²) in [7, 11) is 0. The van der Waals surface area contributed by atoms with Gasteiger partial charge in [-0.1, -0.05) is 55.8 Å². The Hall–Kier alpha value is -3.73. The van der Waals surface area contributed by atoms with E-state index in [0.717, 1.165) is 79.0 Å². The molecule has 5 nitrogen and oxygen atoms in total. The van der Waals surface area contributed by atoms with Gasteiger partial charge in [0.25, 0.3) is 0 Å². The lowest BCUT2D eigenvalue weighted by Crippen LogP contribution is -2.34. The molecule has 1 aromatic heterocycles. The molecule has 1 unspecified atom stereocenters. The molecular weight excluding hydrogens is 494 g/mol. The topological polar surface area (TPSA) is 37.7 Å². The third-order valence-corrected chi connectivity index (χ3v) is 8.68. The number of nitrogens with zero attached hydrogens (tertiary/aromatic N) is 3. The van der Waals surface area contributed by atoms with Crippen molar-refractivity contribution in [1.82, 2.24) is 4.57 Å². The van der Waals surface area contributed by atoms with Crippen LogP contribution in [-0.2, 0) is 16.9 Å². The zero-order chi connectivity index (χ0) is 28.4. The number of esters is 1. The average Bonchev–Trinajstić information content (AvgIpc) is 3.44. The summed E-state index contributed by atoms with van der Waals surface area (Å²) in [5.41, 5.74) is 7.23. The minimum absolute atomic E-state index is 0.265. The van der Waals surface area contributed by atoms with Crippen molar-refractivity contribution >= 4 is 28.2 Å². The minimum atomic E-state index is -1.06.